The Hall–Kier alpha value is -3.21. The van der Waals surface area contributed by atoms with Gasteiger partial charge in [-0.2, -0.15) is 4.39 Å². The Morgan fingerprint density at radius 1 is 1.21 bits per heavy atom. The number of nitro benzene ring substituents is 1. The van der Waals surface area contributed by atoms with E-state index in [0.717, 1.165) is 24.3 Å². The Balaban J connectivity index is 2.42. The quantitative estimate of drug-likeness (QED) is 0.421. The zero-order valence-electron chi connectivity index (χ0n) is 11.6. The van der Waals surface area contributed by atoms with Crippen LogP contribution in [0.25, 0.3) is 0 Å². The lowest BCUT2D eigenvalue weighted by Crippen LogP contribution is -2.14. The third-order valence-corrected chi connectivity index (χ3v) is 4.28. The molecule has 0 unspecified atom stereocenters. The molecule has 11 heteroatoms. The fraction of sp³-hybridized carbons (Fsp3) is 0. The van der Waals surface area contributed by atoms with Gasteiger partial charge in [0.05, 0.1) is 9.82 Å². The molecule has 0 aliphatic carbocycles. The van der Waals surface area contributed by atoms with Crippen molar-refractivity contribution >= 4 is 27.4 Å². The number of hydrogen-bond acceptors (Lipinski definition) is 6. The monoisotopic (exact) mass is 356 g/mol. The second-order valence-corrected chi connectivity index (χ2v) is 6.20. The fourth-order valence-electron chi connectivity index (χ4n) is 1.78. The van der Waals surface area contributed by atoms with Crippen molar-refractivity contribution in [2.75, 3.05) is 4.72 Å². The Kier molecular flexibility index (Phi) is 4.37. The number of carboxylic acids is 1. The molecule has 0 fully saturated rings. The van der Waals surface area contributed by atoms with Crippen LogP contribution in [0.2, 0.25) is 0 Å². The van der Waals surface area contributed by atoms with Crippen molar-refractivity contribution in [1.82, 2.24) is 0 Å². The predicted octanol–water partition coefficient (Wildman–Crippen LogP) is 1.94. The number of hydrogen-bond donors (Lipinski definition) is 3. The number of rotatable bonds is 5. The molecule has 0 amide bonds. The number of carboxylic acid groups (broad SMARTS) is 1. The van der Waals surface area contributed by atoms with Gasteiger partial charge in [0.25, 0.3) is 10.0 Å². The maximum absolute atomic E-state index is 13.3. The Morgan fingerprint density at radius 2 is 1.88 bits per heavy atom. The zero-order valence-corrected chi connectivity index (χ0v) is 12.4. The molecule has 2 aromatic rings. The molecular formula is C13H9FN2O7S. The maximum Gasteiger partial charge on any atom is 0.339 e. The highest BCUT2D eigenvalue weighted by molar-refractivity contribution is 7.92. The third-order valence-electron chi connectivity index (χ3n) is 2.90. The first-order chi connectivity index (χ1) is 11.1. The summed E-state index contributed by atoms with van der Waals surface area (Å²) in [5, 5.41) is 28.9. The van der Waals surface area contributed by atoms with Gasteiger partial charge in [-0.05, 0) is 30.3 Å². The van der Waals surface area contributed by atoms with E-state index in [1.54, 1.807) is 0 Å². The van der Waals surface area contributed by atoms with Gasteiger partial charge in [0, 0.05) is 11.8 Å². The maximum atomic E-state index is 13.3. The van der Waals surface area contributed by atoms with Gasteiger partial charge in [0.15, 0.2) is 0 Å². The number of sulfonamides is 1. The highest BCUT2D eigenvalue weighted by Gasteiger charge is 2.22. The summed E-state index contributed by atoms with van der Waals surface area (Å²) >= 11 is 0. The van der Waals surface area contributed by atoms with E-state index in [9.17, 15) is 32.8 Å². The van der Waals surface area contributed by atoms with Crippen LogP contribution in [-0.2, 0) is 10.0 Å². The minimum atomic E-state index is -4.34. The van der Waals surface area contributed by atoms with E-state index >= 15 is 0 Å². The molecule has 0 aromatic heterocycles. The van der Waals surface area contributed by atoms with Crippen molar-refractivity contribution in [2.45, 2.75) is 4.90 Å². The van der Waals surface area contributed by atoms with Gasteiger partial charge in [-0.25, -0.2) is 13.2 Å². The minimum Gasteiger partial charge on any atom is -0.507 e. The molecule has 0 spiro atoms. The summed E-state index contributed by atoms with van der Waals surface area (Å²) in [5.74, 6) is -3.24. The van der Waals surface area contributed by atoms with Crippen LogP contribution in [0.4, 0.5) is 15.8 Å². The molecule has 2 rings (SSSR count). The van der Waals surface area contributed by atoms with Crippen molar-refractivity contribution in [2.24, 2.45) is 0 Å². The molecular weight excluding hydrogens is 347 g/mol. The summed E-state index contributed by atoms with van der Waals surface area (Å²) in [5.41, 5.74) is -1.76. The number of nitrogens with zero attached hydrogens (tertiary/aromatic N) is 1. The highest BCUT2D eigenvalue weighted by atomic mass is 32.2. The zero-order chi connectivity index (χ0) is 18.1. The first-order valence-electron chi connectivity index (χ1n) is 6.15. The van der Waals surface area contributed by atoms with Crippen LogP contribution in [0, 0.1) is 15.9 Å². The van der Waals surface area contributed by atoms with Crippen molar-refractivity contribution in [3.8, 4) is 5.75 Å². The lowest BCUT2D eigenvalue weighted by Gasteiger charge is -2.09. The number of nitro groups is 1. The molecule has 3 N–H and O–H groups in total. The van der Waals surface area contributed by atoms with Gasteiger partial charge < -0.3 is 10.2 Å². The molecule has 24 heavy (non-hydrogen) atoms. The number of nitrogens with one attached hydrogen (secondary N) is 1. The molecule has 0 heterocycles. The van der Waals surface area contributed by atoms with E-state index in [1.165, 1.54) is 0 Å². The van der Waals surface area contributed by atoms with Crippen molar-refractivity contribution in [1.29, 1.82) is 0 Å². The molecule has 0 aliphatic rings. The summed E-state index contributed by atoms with van der Waals surface area (Å²) in [6.07, 6.45) is 0. The number of aromatic hydroxyl groups is 1. The summed E-state index contributed by atoms with van der Waals surface area (Å²) in [6, 6.07) is 4.92. The van der Waals surface area contributed by atoms with Crippen molar-refractivity contribution < 1.29 is 32.7 Å². The minimum absolute atomic E-state index is 0.197. The SMILES string of the molecule is O=C(O)c1cc(NS(=O)(=O)c2ccc(F)c([N+](=O)[O-])c2)ccc1O. The molecule has 9 nitrogen and oxygen atoms in total. The number of phenols is 1. The van der Waals surface area contributed by atoms with E-state index in [0.29, 0.717) is 12.1 Å². The van der Waals surface area contributed by atoms with Crippen molar-refractivity contribution in [3.05, 3.63) is 57.9 Å². The summed E-state index contributed by atoms with van der Waals surface area (Å²) in [4.78, 5) is 19.9. The lowest BCUT2D eigenvalue weighted by molar-refractivity contribution is -0.387. The normalized spacial score (nSPS) is 11.0. The topological polar surface area (TPSA) is 147 Å². The molecule has 0 saturated carbocycles. The molecule has 126 valence electrons. The van der Waals surface area contributed by atoms with Crippen LogP contribution >= 0.6 is 0 Å². The van der Waals surface area contributed by atoms with Crippen LogP contribution in [0.1, 0.15) is 10.4 Å². The predicted molar refractivity (Wildman–Crippen MR) is 78.9 cm³/mol. The van der Waals surface area contributed by atoms with Crippen LogP contribution < -0.4 is 4.72 Å². The standard InChI is InChI=1S/C13H9FN2O7S/c14-10-3-2-8(6-11(10)16(20)21)24(22,23)15-7-1-4-12(17)9(5-7)13(18)19/h1-6,15,17H,(H,18,19). The Labute approximate surface area is 134 Å². The van der Waals surface area contributed by atoms with Crippen LogP contribution in [0.15, 0.2) is 41.3 Å². The third kappa shape index (κ3) is 3.41. The van der Waals surface area contributed by atoms with Gasteiger partial charge in [-0.3, -0.25) is 14.8 Å². The number of aromatic carboxylic acids is 1. The number of halogens is 1. The summed E-state index contributed by atoms with van der Waals surface area (Å²) < 4.78 is 39.6. The number of carbonyl (C=O) groups is 1. The first kappa shape index (κ1) is 17.1. The van der Waals surface area contributed by atoms with E-state index in [1.807, 2.05) is 4.72 Å². The molecule has 0 bridgehead atoms. The molecule has 0 saturated heterocycles. The molecule has 2 aromatic carbocycles. The first-order valence-corrected chi connectivity index (χ1v) is 7.63. The van der Waals surface area contributed by atoms with Crippen molar-refractivity contribution in [3.63, 3.8) is 0 Å². The summed E-state index contributed by atoms with van der Waals surface area (Å²) in [7, 11) is -4.34. The van der Waals surface area contributed by atoms with E-state index in [-0.39, 0.29) is 5.69 Å². The van der Waals surface area contributed by atoms with Gasteiger partial charge in [-0.1, -0.05) is 0 Å². The molecule has 0 aliphatic heterocycles. The van der Waals surface area contributed by atoms with Crippen LogP contribution in [-0.4, -0.2) is 29.5 Å². The highest BCUT2D eigenvalue weighted by Crippen LogP contribution is 2.26. The van der Waals surface area contributed by atoms with E-state index in [2.05, 4.69) is 0 Å². The van der Waals surface area contributed by atoms with E-state index < -0.39 is 48.6 Å². The van der Waals surface area contributed by atoms with Gasteiger partial charge in [0.2, 0.25) is 5.82 Å². The second-order valence-electron chi connectivity index (χ2n) is 4.51. The number of anilines is 1. The lowest BCUT2D eigenvalue weighted by atomic mass is 10.2. The smallest absolute Gasteiger partial charge is 0.339 e. The van der Waals surface area contributed by atoms with Crippen LogP contribution in [0.3, 0.4) is 0 Å². The average molecular weight is 356 g/mol. The van der Waals surface area contributed by atoms with E-state index in [4.69, 9.17) is 5.11 Å². The average Bonchev–Trinajstić information content (AvgIpc) is 2.48. The fourth-order valence-corrected chi connectivity index (χ4v) is 2.85. The van der Waals surface area contributed by atoms with Crippen LogP contribution in [0.5, 0.6) is 5.75 Å². The second kappa shape index (κ2) is 6.12. The van der Waals surface area contributed by atoms with Gasteiger partial charge >= 0.3 is 11.7 Å². The Morgan fingerprint density at radius 3 is 2.46 bits per heavy atom. The van der Waals surface area contributed by atoms with Gasteiger partial charge in [0.1, 0.15) is 11.3 Å². The molecule has 0 atom stereocenters. The summed E-state index contributed by atoms with van der Waals surface area (Å²) in [6.45, 7) is 0. The Bertz CT molecular complexity index is 943. The number of benzene rings is 2. The largest absolute Gasteiger partial charge is 0.507 e. The molecule has 0 radical (unpaired) electrons. The van der Waals surface area contributed by atoms with Gasteiger partial charge in [-0.15, -0.1) is 0 Å².